The average Bonchev–Trinajstić information content (AvgIpc) is 3.63. The average molecular weight is 748 g/mol. The number of nitrogens with zero attached hydrogens (tertiary/aromatic N) is 7. The number of carboxylic acid groups (broad SMARTS) is 1. The number of nitrogen functional groups attached to an aromatic ring is 1. The Hall–Kier alpha value is -3.25. The Kier molecular flexibility index (Phi) is 13.8. The van der Waals surface area contributed by atoms with Crippen molar-refractivity contribution in [1.82, 2.24) is 24.8 Å². The third-order valence-electron chi connectivity index (χ3n) is 6.38. The highest BCUT2D eigenvalue weighted by molar-refractivity contribution is 8.00. The van der Waals surface area contributed by atoms with Crippen LogP contribution in [0, 0.1) is 11.3 Å². The summed E-state index contributed by atoms with van der Waals surface area (Å²) in [5, 5.41) is 34.0. The molecule has 246 valence electrons. The summed E-state index contributed by atoms with van der Waals surface area (Å²) in [6.45, 7) is 0.867. The Morgan fingerprint density at radius 2 is 2.13 bits per heavy atom. The van der Waals surface area contributed by atoms with Gasteiger partial charge in [0.1, 0.15) is 41.5 Å². The number of imidazole rings is 1. The van der Waals surface area contributed by atoms with Gasteiger partial charge in [-0.15, -0.1) is 76.0 Å². The van der Waals surface area contributed by atoms with Crippen molar-refractivity contribution in [3.63, 3.8) is 0 Å². The van der Waals surface area contributed by atoms with Gasteiger partial charge in [-0.3, -0.25) is 14.5 Å². The molecule has 5 N–H and O–H groups in total. The molecule has 0 saturated carbocycles. The molecule has 0 spiro atoms. The first-order valence-electron chi connectivity index (χ1n) is 13.1. The molecule has 3 aromatic rings. The summed E-state index contributed by atoms with van der Waals surface area (Å²) < 4.78 is 3.54. The first kappa shape index (κ1) is 37.2. The second-order valence-electron chi connectivity index (χ2n) is 9.19. The summed E-state index contributed by atoms with van der Waals surface area (Å²) in [7, 11) is 0. The van der Waals surface area contributed by atoms with Crippen molar-refractivity contribution in [1.29, 1.82) is 5.26 Å². The number of thioether (sulfide) groups is 3. The topological polar surface area (TPSA) is 221 Å². The molecule has 21 heteroatoms. The zero-order chi connectivity index (χ0) is 31.2. The molecule has 0 aromatic carbocycles. The third kappa shape index (κ3) is 8.17. The molecule has 0 radical (unpaired) electrons. The van der Waals surface area contributed by atoms with Crippen molar-refractivity contribution in [2.24, 2.45) is 10.9 Å². The highest BCUT2D eigenvalue weighted by Gasteiger charge is 2.53. The van der Waals surface area contributed by atoms with Crippen LogP contribution >= 0.6 is 71.4 Å². The number of carbonyl (C=O) groups is 3. The van der Waals surface area contributed by atoms with Crippen LogP contribution in [0.1, 0.15) is 5.69 Å². The Bertz CT molecular complexity index is 1690. The van der Waals surface area contributed by atoms with Gasteiger partial charge >= 0.3 is 5.65 Å². The van der Waals surface area contributed by atoms with Gasteiger partial charge in [0.05, 0.1) is 23.5 Å². The van der Waals surface area contributed by atoms with Crippen molar-refractivity contribution < 1.29 is 28.9 Å². The molecule has 2 atom stereocenters. The van der Waals surface area contributed by atoms with Crippen molar-refractivity contribution in [2.45, 2.75) is 23.0 Å². The van der Waals surface area contributed by atoms with E-state index in [0.717, 1.165) is 32.7 Å². The number of rotatable bonds is 14. The second kappa shape index (κ2) is 17.1. The number of amides is 2. The molecule has 3 aromatic heterocycles. The molecule has 1 saturated heterocycles. The fraction of sp³-hybridized carbons (Fsp3) is 0.360. The quantitative estimate of drug-likeness (QED) is 0.0480. The molecule has 46 heavy (non-hydrogen) atoms. The number of aliphatic carboxylic acids is 1. The third-order valence-corrected chi connectivity index (χ3v) is 10.1. The van der Waals surface area contributed by atoms with E-state index in [1.165, 1.54) is 40.7 Å². The first-order valence-corrected chi connectivity index (χ1v) is 17.1. The van der Waals surface area contributed by atoms with E-state index < -0.39 is 29.2 Å². The smallest absolute Gasteiger partial charge is 0.307 e. The fourth-order valence-corrected chi connectivity index (χ4v) is 7.43. The number of anilines is 1. The van der Waals surface area contributed by atoms with Crippen LogP contribution in [0.2, 0.25) is 0 Å². The maximum absolute atomic E-state index is 13.3. The number of nitriles is 1. The number of oxime groups is 1. The maximum Gasteiger partial charge on any atom is 0.307 e. The number of halogens is 2. The number of hydrogen-bond acceptors (Lipinski definition) is 15. The van der Waals surface area contributed by atoms with Crippen molar-refractivity contribution in [3.8, 4) is 6.07 Å². The van der Waals surface area contributed by atoms with Crippen LogP contribution in [0.15, 0.2) is 51.4 Å². The predicted octanol–water partition coefficient (Wildman–Crippen LogP) is -0.364. The summed E-state index contributed by atoms with van der Waals surface area (Å²) in [6, 6.07) is 4.75. The summed E-state index contributed by atoms with van der Waals surface area (Å²) in [4.78, 5) is 49.3. The summed E-state index contributed by atoms with van der Waals surface area (Å²) in [5.41, 5.74) is 12.3. The van der Waals surface area contributed by atoms with Crippen LogP contribution in [0.25, 0.3) is 5.65 Å². The first-order chi connectivity index (χ1) is 21.3. The van der Waals surface area contributed by atoms with E-state index in [0.29, 0.717) is 29.4 Å². The standard InChI is InChI=1S/C25H26N10O5S4.2ClH/c26-3-8-41-10-7-40-32-18(15-13-44-25(28)29-15)21(36)30-19-22(37)35-20(24(38)39)14(12-43-23(19)35)11-33-5-6-34-17(33)2-1-16(31-34)42-9-4-27;;/h1-2,5-6,13,19,23H,4,7-12,27H2,(H3-,28,29,30,36,38,39);2*1H/b32-18-;;/t19-,23-;;/m1../s1. The highest BCUT2D eigenvalue weighted by Crippen LogP contribution is 2.40. The lowest BCUT2D eigenvalue weighted by atomic mass is 10.0. The molecule has 2 aliphatic heterocycles. The number of fused-ring (bicyclic) bond motifs is 2. The molecular weight excluding hydrogens is 720 g/mol. The van der Waals surface area contributed by atoms with Gasteiger partial charge in [-0.05, 0) is 6.07 Å². The number of carboxylic acids is 1. The fourth-order valence-electron chi connectivity index (χ4n) is 4.48. The summed E-state index contributed by atoms with van der Waals surface area (Å²) in [6.07, 6.45) is 3.55. The SMILES string of the molecule is Cl.Cl.N#CCSCCO/N=C(\C(=O)N[C@@H]1C(=O)N2C(C(=O)[O-])=C(C[n+]3ccn4nc(SCCN)ccc43)CS[C@H]12)c1csc(N)n1. The van der Waals surface area contributed by atoms with E-state index in [4.69, 9.17) is 21.6 Å². The zero-order valence-electron chi connectivity index (χ0n) is 23.8. The predicted molar refractivity (Wildman–Crippen MR) is 179 cm³/mol. The van der Waals surface area contributed by atoms with Crippen LogP contribution < -0.4 is 26.5 Å². The van der Waals surface area contributed by atoms with E-state index in [1.807, 2.05) is 22.8 Å². The van der Waals surface area contributed by atoms with Gasteiger partial charge in [0.2, 0.25) is 0 Å². The Balaban J connectivity index is 0.00000288. The van der Waals surface area contributed by atoms with E-state index in [-0.39, 0.29) is 60.2 Å². The molecule has 1 fully saturated rings. The van der Waals surface area contributed by atoms with Crippen LogP contribution in [-0.2, 0) is 25.8 Å². The Morgan fingerprint density at radius 1 is 1.33 bits per heavy atom. The van der Waals surface area contributed by atoms with Gasteiger partial charge in [0.25, 0.3) is 11.8 Å². The number of hydrogen-bond donors (Lipinski definition) is 3. The normalized spacial score (nSPS) is 17.3. The Labute approximate surface area is 292 Å². The molecule has 2 amide bonds. The number of nitrogens with two attached hydrogens (primary N) is 2. The summed E-state index contributed by atoms with van der Waals surface area (Å²) in [5.74, 6) is -1.00. The van der Waals surface area contributed by atoms with Crippen LogP contribution in [0.5, 0.6) is 0 Å². The molecule has 5 heterocycles. The lowest BCUT2D eigenvalue weighted by Gasteiger charge is -2.50. The summed E-state index contributed by atoms with van der Waals surface area (Å²) >= 11 is 5.32. The van der Waals surface area contributed by atoms with E-state index in [1.54, 1.807) is 16.9 Å². The molecule has 2 aliphatic rings. The molecule has 5 rings (SSSR count). The second-order valence-corrected chi connectivity index (χ2v) is 13.4. The van der Waals surface area contributed by atoms with Gasteiger partial charge < -0.3 is 31.5 Å². The largest absolute Gasteiger partial charge is 0.543 e. The molecule has 0 aliphatic carbocycles. The molecular formula is C25H28Cl2N10O5S4. The minimum atomic E-state index is -1.48. The lowest BCUT2D eigenvalue weighted by Crippen LogP contribution is -2.71. The number of carbonyl (C=O) groups excluding carboxylic acids is 3. The highest BCUT2D eigenvalue weighted by atomic mass is 35.5. The molecule has 0 unspecified atom stereocenters. The van der Waals surface area contributed by atoms with Gasteiger partial charge in [-0.25, -0.2) is 9.55 Å². The van der Waals surface area contributed by atoms with Gasteiger partial charge in [0.15, 0.2) is 17.0 Å². The minimum Gasteiger partial charge on any atom is -0.543 e. The minimum absolute atomic E-state index is 0. The number of nitrogens with one attached hydrogen (secondary N) is 1. The van der Waals surface area contributed by atoms with Gasteiger partial charge in [-0.2, -0.15) is 5.26 Å². The number of aromatic nitrogens is 4. The monoisotopic (exact) mass is 746 g/mol. The van der Waals surface area contributed by atoms with E-state index in [2.05, 4.69) is 20.6 Å². The van der Waals surface area contributed by atoms with Crippen LogP contribution in [-0.4, -0.2) is 90.6 Å². The lowest BCUT2D eigenvalue weighted by molar-refractivity contribution is -0.662. The number of β-lactam (4-membered cyclic amide) rings is 1. The van der Waals surface area contributed by atoms with E-state index >= 15 is 0 Å². The van der Waals surface area contributed by atoms with Gasteiger partial charge in [-0.1, -0.05) is 10.3 Å². The number of thiazole rings is 1. The zero-order valence-corrected chi connectivity index (χ0v) is 28.7. The maximum atomic E-state index is 13.3. The molecule has 15 nitrogen and oxygen atoms in total. The van der Waals surface area contributed by atoms with E-state index in [9.17, 15) is 19.5 Å². The van der Waals surface area contributed by atoms with Crippen molar-refractivity contribution >= 4 is 106 Å². The van der Waals surface area contributed by atoms with Gasteiger partial charge in [0, 0.05) is 40.8 Å². The van der Waals surface area contributed by atoms with Crippen LogP contribution in [0.4, 0.5) is 5.13 Å². The molecule has 0 bridgehead atoms. The van der Waals surface area contributed by atoms with Crippen molar-refractivity contribution in [3.05, 3.63) is 46.9 Å². The van der Waals surface area contributed by atoms with Crippen molar-refractivity contribution in [2.75, 3.05) is 41.9 Å². The Morgan fingerprint density at radius 3 is 2.83 bits per heavy atom. The van der Waals surface area contributed by atoms with Crippen LogP contribution in [0.3, 0.4) is 0 Å².